The second-order valence-electron chi connectivity index (χ2n) is 6.70. The molecule has 1 heterocycles. The van der Waals surface area contributed by atoms with Gasteiger partial charge in [-0.3, -0.25) is 4.79 Å². The summed E-state index contributed by atoms with van der Waals surface area (Å²) < 4.78 is 0. The zero-order valence-corrected chi connectivity index (χ0v) is 15.6. The summed E-state index contributed by atoms with van der Waals surface area (Å²) in [7, 11) is 0. The first-order valence-corrected chi connectivity index (χ1v) is 9.28. The summed E-state index contributed by atoms with van der Waals surface area (Å²) in [4.78, 5) is 27.5. The third kappa shape index (κ3) is 5.74. The fraction of sp³-hybridized carbons (Fsp3) is 0.579. The van der Waals surface area contributed by atoms with Crippen LogP contribution in [0.5, 0.6) is 0 Å². The predicted octanol–water partition coefficient (Wildman–Crippen LogP) is 0.714. The van der Waals surface area contributed by atoms with Crippen molar-refractivity contribution in [2.24, 2.45) is 0 Å². The monoisotopic (exact) mass is 347 g/mol. The van der Waals surface area contributed by atoms with Crippen LogP contribution in [0.2, 0.25) is 0 Å². The van der Waals surface area contributed by atoms with Crippen molar-refractivity contribution in [1.29, 1.82) is 0 Å². The topological polar surface area (TPSA) is 65.9 Å². The van der Waals surface area contributed by atoms with Crippen LogP contribution in [-0.2, 0) is 4.79 Å². The highest BCUT2D eigenvalue weighted by Gasteiger charge is 2.31. The molecular weight excluding hydrogens is 316 g/mol. The Hall–Kier alpha value is -2.08. The Labute approximate surface area is 150 Å². The van der Waals surface area contributed by atoms with E-state index in [-0.39, 0.29) is 18.0 Å². The molecule has 3 amide bonds. The number of carbonyl (C=O) groups is 2. The number of hydrogen-bond acceptors (Lipinski definition) is 2. The first-order valence-electron chi connectivity index (χ1n) is 9.28. The van der Waals surface area contributed by atoms with Crippen LogP contribution in [0.4, 0.5) is 10.5 Å². The number of quaternary nitrogens is 1. The van der Waals surface area contributed by atoms with Gasteiger partial charge in [-0.15, -0.1) is 0 Å². The van der Waals surface area contributed by atoms with E-state index in [2.05, 4.69) is 24.5 Å². The van der Waals surface area contributed by atoms with E-state index in [9.17, 15) is 9.59 Å². The van der Waals surface area contributed by atoms with Crippen molar-refractivity contribution in [3.63, 3.8) is 0 Å². The van der Waals surface area contributed by atoms with Crippen molar-refractivity contribution in [3.8, 4) is 0 Å². The van der Waals surface area contributed by atoms with Crippen LogP contribution < -0.4 is 20.4 Å². The van der Waals surface area contributed by atoms with Gasteiger partial charge in [0.25, 0.3) is 0 Å². The normalized spacial score (nSPS) is 17.2. The fourth-order valence-electron chi connectivity index (χ4n) is 3.16. The Morgan fingerprint density at radius 2 is 1.92 bits per heavy atom. The van der Waals surface area contributed by atoms with Crippen molar-refractivity contribution < 1.29 is 14.5 Å². The average Bonchev–Trinajstić information content (AvgIpc) is 2.96. The summed E-state index contributed by atoms with van der Waals surface area (Å²) in [6.07, 6.45) is 1.31. The van der Waals surface area contributed by atoms with Gasteiger partial charge < -0.3 is 20.4 Å². The highest BCUT2D eigenvalue weighted by atomic mass is 16.2. The molecule has 0 radical (unpaired) electrons. The van der Waals surface area contributed by atoms with Crippen molar-refractivity contribution in [2.75, 3.05) is 37.6 Å². The van der Waals surface area contributed by atoms with Crippen LogP contribution in [0.1, 0.15) is 32.3 Å². The number of urea groups is 1. The molecule has 1 atom stereocenters. The van der Waals surface area contributed by atoms with Gasteiger partial charge in [-0.1, -0.05) is 17.7 Å². The largest absolute Gasteiger partial charge is 0.338 e. The SMILES string of the molecule is CC[NH+](CC)CCCNC(=O)N[C@@H]1CC(=O)N(c2ccc(C)cc2)C1. The smallest absolute Gasteiger partial charge is 0.315 e. The number of benzene rings is 1. The predicted molar refractivity (Wildman–Crippen MR) is 100 cm³/mol. The molecular formula is C19H31N4O2+. The first-order chi connectivity index (χ1) is 12.0. The maximum absolute atomic E-state index is 12.2. The summed E-state index contributed by atoms with van der Waals surface area (Å²) in [6, 6.07) is 7.57. The number of nitrogens with zero attached hydrogens (tertiary/aromatic N) is 1. The van der Waals surface area contributed by atoms with Crippen molar-refractivity contribution in [1.82, 2.24) is 10.6 Å². The van der Waals surface area contributed by atoms with Crippen LogP contribution in [0, 0.1) is 6.92 Å². The van der Waals surface area contributed by atoms with Gasteiger partial charge in [-0.2, -0.15) is 0 Å². The second-order valence-corrected chi connectivity index (χ2v) is 6.70. The molecule has 2 rings (SSSR count). The van der Waals surface area contributed by atoms with E-state index >= 15 is 0 Å². The molecule has 6 heteroatoms. The molecule has 3 N–H and O–H groups in total. The van der Waals surface area contributed by atoms with Gasteiger partial charge >= 0.3 is 6.03 Å². The third-order valence-electron chi connectivity index (χ3n) is 4.80. The molecule has 0 unspecified atom stereocenters. The Balaban J connectivity index is 1.73. The van der Waals surface area contributed by atoms with Gasteiger partial charge in [0.1, 0.15) is 0 Å². The molecule has 25 heavy (non-hydrogen) atoms. The van der Waals surface area contributed by atoms with Gasteiger partial charge in [0.05, 0.1) is 25.7 Å². The summed E-state index contributed by atoms with van der Waals surface area (Å²) in [6.45, 7) is 10.9. The van der Waals surface area contributed by atoms with E-state index in [1.54, 1.807) is 4.90 Å². The lowest BCUT2D eigenvalue weighted by atomic mass is 10.2. The molecule has 0 spiro atoms. The molecule has 1 saturated heterocycles. The Morgan fingerprint density at radius 1 is 1.24 bits per heavy atom. The van der Waals surface area contributed by atoms with Gasteiger partial charge in [0.15, 0.2) is 0 Å². The van der Waals surface area contributed by atoms with Gasteiger partial charge in [-0.05, 0) is 32.9 Å². The minimum Gasteiger partial charge on any atom is -0.338 e. The quantitative estimate of drug-likeness (QED) is 0.607. The third-order valence-corrected chi connectivity index (χ3v) is 4.80. The number of nitrogens with one attached hydrogen (secondary N) is 3. The summed E-state index contributed by atoms with van der Waals surface area (Å²) in [5, 5.41) is 5.81. The molecule has 138 valence electrons. The molecule has 0 bridgehead atoms. The minimum absolute atomic E-state index is 0.0549. The van der Waals surface area contributed by atoms with Crippen LogP contribution >= 0.6 is 0 Å². The first kappa shape index (κ1) is 19.2. The number of carbonyl (C=O) groups excluding carboxylic acids is 2. The molecule has 1 aromatic carbocycles. The lowest BCUT2D eigenvalue weighted by Gasteiger charge is -2.18. The molecule has 0 aliphatic carbocycles. The molecule has 6 nitrogen and oxygen atoms in total. The zero-order valence-electron chi connectivity index (χ0n) is 15.6. The minimum atomic E-state index is -0.182. The maximum Gasteiger partial charge on any atom is 0.315 e. The lowest BCUT2D eigenvalue weighted by molar-refractivity contribution is -0.896. The van der Waals surface area contributed by atoms with E-state index in [0.717, 1.165) is 37.3 Å². The summed E-state index contributed by atoms with van der Waals surface area (Å²) in [5.74, 6) is 0.0549. The van der Waals surface area contributed by atoms with Crippen molar-refractivity contribution >= 4 is 17.6 Å². The Morgan fingerprint density at radius 3 is 2.56 bits per heavy atom. The Kier molecular flexibility index (Phi) is 7.25. The van der Waals surface area contributed by atoms with Crippen LogP contribution in [-0.4, -0.2) is 50.7 Å². The second kappa shape index (κ2) is 9.42. The fourth-order valence-corrected chi connectivity index (χ4v) is 3.16. The number of amides is 3. The van der Waals surface area contributed by atoms with Gasteiger partial charge in [0.2, 0.25) is 5.91 Å². The molecule has 0 saturated carbocycles. The number of hydrogen-bond donors (Lipinski definition) is 3. The van der Waals surface area contributed by atoms with Crippen LogP contribution in [0.25, 0.3) is 0 Å². The molecule has 1 aliphatic rings. The van der Waals surface area contributed by atoms with Crippen LogP contribution in [0.3, 0.4) is 0 Å². The summed E-state index contributed by atoms with van der Waals surface area (Å²) in [5.41, 5.74) is 2.05. The molecule has 1 aliphatic heterocycles. The van der Waals surface area contributed by atoms with Gasteiger partial charge in [0, 0.05) is 31.6 Å². The maximum atomic E-state index is 12.2. The van der Waals surface area contributed by atoms with Crippen molar-refractivity contribution in [3.05, 3.63) is 29.8 Å². The highest BCUT2D eigenvalue weighted by molar-refractivity contribution is 5.96. The van der Waals surface area contributed by atoms with E-state index in [1.807, 2.05) is 31.2 Å². The average molecular weight is 347 g/mol. The Bertz CT molecular complexity index is 569. The van der Waals surface area contributed by atoms with Crippen LogP contribution in [0.15, 0.2) is 24.3 Å². The molecule has 1 aromatic rings. The van der Waals surface area contributed by atoms with Crippen molar-refractivity contribution in [2.45, 2.75) is 39.7 Å². The lowest BCUT2D eigenvalue weighted by Crippen LogP contribution is -3.11. The molecule has 1 fully saturated rings. The molecule has 0 aromatic heterocycles. The van der Waals surface area contributed by atoms with E-state index in [0.29, 0.717) is 19.5 Å². The highest BCUT2D eigenvalue weighted by Crippen LogP contribution is 2.21. The standard InChI is InChI=1S/C19H30N4O2/c1-4-22(5-2)12-6-11-20-19(25)21-16-13-18(24)23(14-16)17-9-7-15(3)8-10-17/h7-10,16H,4-6,11-14H2,1-3H3,(H2,20,21,25)/p+1/t16-/m1/s1. The van der Waals surface area contributed by atoms with E-state index in [4.69, 9.17) is 0 Å². The zero-order chi connectivity index (χ0) is 18.2. The van der Waals surface area contributed by atoms with E-state index < -0.39 is 0 Å². The number of aryl methyl sites for hydroxylation is 1. The summed E-state index contributed by atoms with van der Waals surface area (Å²) >= 11 is 0. The number of anilines is 1. The number of rotatable bonds is 8. The van der Waals surface area contributed by atoms with Gasteiger partial charge in [-0.25, -0.2) is 4.79 Å². The van der Waals surface area contributed by atoms with E-state index in [1.165, 1.54) is 4.90 Å².